The molecule has 1 heterocycles. The zero-order chi connectivity index (χ0) is 18.7. The van der Waals surface area contributed by atoms with Gasteiger partial charge in [-0.25, -0.2) is 4.85 Å². The lowest BCUT2D eigenvalue weighted by Gasteiger charge is -2.29. The third-order valence-corrected chi connectivity index (χ3v) is 4.03. The Labute approximate surface area is 141 Å². The van der Waals surface area contributed by atoms with Crippen molar-refractivity contribution in [3.63, 3.8) is 0 Å². The Bertz CT molecular complexity index is 626. The molecule has 0 saturated carbocycles. The number of alkyl halides is 6. The first-order chi connectivity index (χ1) is 11.6. The molecule has 0 unspecified atom stereocenters. The summed E-state index contributed by atoms with van der Waals surface area (Å²) in [6.07, 6.45) is -7.40. The van der Waals surface area contributed by atoms with Crippen molar-refractivity contribution in [3.8, 4) is 0 Å². The third kappa shape index (κ3) is 5.53. The second-order valence-corrected chi connectivity index (χ2v) is 5.90. The van der Waals surface area contributed by atoms with E-state index in [1.165, 1.54) is 0 Å². The summed E-state index contributed by atoms with van der Waals surface area (Å²) in [6, 6.07) is 2.69. The predicted octanol–water partition coefficient (Wildman–Crippen LogP) is 4.72. The van der Waals surface area contributed by atoms with Crippen LogP contribution in [0, 0.1) is 6.57 Å². The van der Waals surface area contributed by atoms with Gasteiger partial charge in [0.1, 0.15) is 6.54 Å². The van der Waals surface area contributed by atoms with Gasteiger partial charge in [0.25, 0.3) is 0 Å². The molecule has 0 aliphatic carbocycles. The van der Waals surface area contributed by atoms with Crippen molar-refractivity contribution in [3.05, 3.63) is 35.2 Å². The van der Waals surface area contributed by atoms with E-state index in [1.807, 2.05) is 4.90 Å². The highest BCUT2D eigenvalue weighted by Crippen LogP contribution is 2.39. The largest absolute Gasteiger partial charge is 0.407 e. The number of hydrogen-bond acceptors (Lipinski definition) is 2. The van der Waals surface area contributed by atoms with Gasteiger partial charge in [0.2, 0.25) is 0 Å². The molecule has 0 atom stereocenters. The zero-order valence-corrected chi connectivity index (χ0v) is 13.3. The Morgan fingerprint density at radius 3 is 2.24 bits per heavy atom. The van der Waals surface area contributed by atoms with Gasteiger partial charge in [-0.2, -0.15) is 26.3 Å². The lowest BCUT2D eigenvalue weighted by atomic mass is 10.1. The summed E-state index contributed by atoms with van der Waals surface area (Å²) < 4.78 is 77.7. The van der Waals surface area contributed by atoms with Crippen molar-refractivity contribution in [2.24, 2.45) is 0 Å². The highest BCUT2D eigenvalue weighted by molar-refractivity contribution is 5.62. The van der Waals surface area contributed by atoms with Crippen LogP contribution >= 0.6 is 0 Å². The summed E-state index contributed by atoms with van der Waals surface area (Å²) in [5, 5.41) is 0. The van der Waals surface area contributed by atoms with Crippen molar-refractivity contribution < 1.29 is 26.3 Å². The van der Waals surface area contributed by atoms with Gasteiger partial charge >= 0.3 is 12.4 Å². The number of benzene rings is 1. The van der Waals surface area contributed by atoms with Crippen LogP contribution < -0.4 is 4.90 Å². The molecule has 1 aliphatic heterocycles. The summed E-state index contributed by atoms with van der Waals surface area (Å²) in [4.78, 5) is 5.68. The normalized spacial score (nSPS) is 16.0. The van der Waals surface area contributed by atoms with Gasteiger partial charge in [-0.3, -0.25) is 0 Å². The van der Waals surface area contributed by atoms with E-state index in [9.17, 15) is 26.3 Å². The van der Waals surface area contributed by atoms with E-state index < -0.39 is 30.1 Å². The minimum Gasteiger partial charge on any atom is -0.361 e. The van der Waals surface area contributed by atoms with Gasteiger partial charge in [-0.05, 0) is 38.1 Å². The Kier molecular flexibility index (Phi) is 5.83. The van der Waals surface area contributed by atoms with E-state index >= 15 is 0 Å². The van der Waals surface area contributed by atoms with Gasteiger partial charge < -0.3 is 9.80 Å². The molecule has 1 aliphatic rings. The van der Waals surface area contributed by atoms with Crippen LogP contribution in [0.4, 0.5) is 37.7 Å². The van der Waals surface area contributed by atoms with Crippen LogP contribution in [-0.4, -0.2) is 43.8 Å². The van der Waals surface area contributed by atoms with Gasteiger partial charge in [0.15, 0.2) is 5.69 Å². The van der Waals surface area contributed by atoms with E-state index in [1.54, 1.807) is 0 Å². The molecule has 1 fully saturated rings. The molecular formula is C16H17F6N3. The SMILES string of the molecule is [C-]#[N+]c1ccc(N(CCN2CCCC2)CC(F)(F)F)cc1C(F)(F)F. The quantitative estimate of drug-likeness (QED) is 0.552. The third-order valence-electron chi connectivity index (χ3n) is 4.03. The molecule has 1 aromatic rings. The van der Waals surface area contributed by atoms with Crippen molar-refractivity contribution in [2.75, 3.05) is 37.6 Å². The Morgan fingerprint density at radius 2 is 1.72 bits per heavy atom. The molecule has 0 aromatic heterocycles. The topological polar surface area (TPSA) is 10.8 Å². The van der Waals surface area contributed by atoms with Crippen LogP contribution in [-0.2, 0) is 6.18 Å². The fourth-order valence-electron chi connectivity index (χ4n) is 2.83. The summed E-state index contributed by atoms with van der Waals surface area (Å²) in [5.41, 5.74) is -2.02. The first-order valence-corrected chi connectivity index (χ1v) is 7.73. The minimum absolute atomic E-state index is 0.0336. The highest BCUT2D eigenvalue weighted by atomic mass is 19.4. The second-order valence-electron chi connectivity index (χ2n) is 5.90. The fraction of sp³-hybridized carbons (Fsp3) is 0.562. The standard InChI is InChI=1S/C16H17F6N3/c1-23-14-5-4-12(10-13(14)16(20,21)22)25(11-15(17,18)19)9-8-24-6-2-3-7-24/h4-5,10H,2-3,6-9,11H2. The average molecular weight is 365 g/mol. The Morgan fingerprint density at radius 1 is 1.08 bits per heavy atom. The van der Waals surface area contributed by atoms with Crippen LogP contribution in [0.1, 0.15) is 18.4 Å². The molecule has 0 spiro atoms. The number of anilines is 1. The first-order valence-electron chi connectivity index (χ1n) is 7.73. The lowest BCUT2D eigenvalue weighted by molar-refractivity contribution is -0.136. The van der Waals surface area contributed by atoms with Crippen LogP contribution in [0.25, 0.3) is 4.85 Å². The molecule has 0 radical (unpaired) electrons. The molecule has 0 bridgehead atoms. The molecule has 1 aromatic carbocycles. The molecule has 9 heteroatoms. The summed E-state index contributed by atoms with van der Waals surface area (Å²) in [5.74, 6) is 0. The molecule has 1 saturated heterocycles. The number of likely N-dealkylation sites (tertiary alicyclic amines) is 1. The Balaban J connectivity index is 2.27. The maximum absolute atomic E-state index is 13.1. The maximum Gasteiger partial charge on any atom is 0.407 e. The van der Waals surface area contributed by atoms with Gasteiger partial charge in [0, 0.05) is 18.8 Å². The second kappa shape index (κ2) is 7.52. The van der Waals surface area contributed by atoms with Crippen LogP contribution in [0.3, 0.4) is 0 Å². The fourth-order valence-corrected chi connectivity index (χ4v) is 2.83. The highest BCUT2D eigenvalue weighted by Gasteiger charge is 2.35. The average Bonchev–Trinajstić information content (AvgIpc) is 3.02. The van der Waals surface area contributed by atoms with E-state index in [4.69, 9.17) is 6.57 Å². The summed E-state index contributed by atoms with van der Waals surface area (Å²) in [7, 11) is 0. The predicted molar refractivity (Wildman–Crippen MR) is 81.6 cm³/mol. The molecule has 138 valence electrons. The van der Waals surface area contributed by atoms with Gasteiger partial charge in [0.05, 0.1) is 12.1 Å². The van der Waals surface area contributed by atoms with Crippen molar-refractivity contribution >= 4 is 11.4 Å². The molecule has 25 heavy (non-hydrogen) atoms. The lowest BCUT2D eigenvalue weighted by Crippen LogP contribution is -2.39. The van der Waals surface area contributed by atoms with Crippen LogP contribution in [0.5, 0.6) is 0 Å². The number of nitrogens with zero attached hydrogens (tertiary/aromatic N) is 3. The minimum atomic E-state index is -4.80. The molecule has 2 rings (SSSR count). The summed E-state index contributed by atoms with van der Waals surface area (Å²) >= 11 is 0. The van der Waals surface area contributed by atoms with E-state index in [0.717, 1.165) is 43.0 Å². The van der Waals surface area contributed by atoms with E-state index in [-0.39, 0.29) is 12.2 Å². The monoisotopic (exact) mass is 365 g/mol. The van der Waals surface area contributed by atoms with Crippen molar-refractivity contribution in [1.29, 1.82) is 0 Å². The van der Waals surface area contributed by atoms with Gasteiger partial charge in [-0.15, -0.1) is 0 Å². The van der Waals surface area contributed by atoms with E-state index in [0.29, 0.717) is 12.6 Å². The van der Waals surface area contributed by atoms with Crippen molar-refractivity contribution in [1.82, 2.24) is 4.90 Å². The maximum atomic E-state index is 13.1. The zero-order valence-electron chi connectivity index (χ0n) is 13.3. The molecule has 3 nitrogen and oxygen atoms in total. The van der Waals surface area contributed by atoms with Crippen LogP contribution in [0.15, 0.2) is 18.2 Å². The first kappa shape index (κ1) is 19.4. The smallest absolute Gasteiger partial charge is 0.361 e. The van der Waals surface area contributed by atoms with Crippen LogP contribution in [0.2, 0.25) is 0 Å². The molecular weight excluding hydrogens is 348 g/mol. The van der Waals surface area contributed by atoms with Gasteiger partial charge in [-0.1, -0.05) is 6.07 Å². The summed E-state index contributed by atoms with van der Waals surface area (Å²) in [6.45, 7) is 7.35. The number of halogens is 6. The van der Waals surface area contributed by atoms with E-state index in [2.05, 4.69) is 4.85 Å². The molecule has 0 amide bonds. The number of rotatable bonds is 5. The number of hydrogen-bond donors (Lipinski definition) is 0. The van der Waals surface area contributed by atoms with Crippen molar-refractivity contribution in [2.45, 2.75) is 25.2 Å². The Hall–Kier alpha value is -1.95. The molecule has 0 N–H and O–H groups in total.